The SMILES string of the molecule is CCCCCCCCCCCCCCCCCCSC(COC(=O)C(Cc1cc(C(C)(C)C)c(O)c(C(C)(C)C)c1)(Cc1cc(C(C)(C)C)c(O)c(C(C)(C)C)c1)C(=O)O)SCCCCCCCCCCCCCCCCCC. The van der Waals surface area contributed by atoms with E-state index in [1.165, 1.54) is 193 Å². The summed E-state index contributed by atoms with van der Waals surface area (Å²) in [5.41, 5.74) is 0.406. The van der Waals surface area contributed by atoms with E-state index in [1.54, 1.807) is 0 Å². The van der Waals surface area contributed by atoms with Gasteiger partial charge in [-0.15, -0.1) is 23.5 Å². The third kappa shape index (κ3) is 29.2. The average molecular weight is 1140 g/mol. The smallest absolute Gasteiger partial charge is 0.324 e. The Labute approximate surface area is 496 Å². The minimum absolute atomic E-state index is 0.00885. The Bertz CT molecular complexity index is 1770. The first kappa shape index (κ1) is 72.8. The predicted molar refractivity (Wildman–Crippen MR) is 347 cm³/mol. The molecule has 0 saturated carbocycles. The van der Waals surface area contributed by atoms with Gasteiger partial charge in [0.15, 0.2) is 5.41 Å². The quantitative estimate of drug-likeness (QED) is 0.0261. The van der Waals surface area contributed by atoms with Crippen molar-refractivity contribution >= 4 is 35.5 Å². The number of phenolic OH excluding ortho intramolecular Hbond substituents is 2. The molecule has 2 aromatic carbocycles. The molecule has 0 fully saturated rings. The number of phenols is 2. The molecule has 79 heavy (non-hydrogen) atoms. The van der Waals surface area contributed by atoms with Crippen molar-refractivity contribution in [1.82, 2.24) is 0 Å². The molecule has 0 bridgehead atoms. The lowest BCUT2D eigenvalue weighted by Gasteiger charge is -2.33. The van der Waals surface area contributed by atoms with Crippen LogP contribution in [-0.4, -0.2) is 50.0 Å². The molecule has 0 aliphatic rings. The summed E-state index contributed by atoms with van der Waals surface area (Å²) in [6.07, 6.45) is 42.5. The molecular weight excluding hydrogens is 1010 g/mol. The molecule has 0 aliphatic carbocycles. The van der Waals surface area contributed by atoms with E-state index in [4.69, 9.17) is 4.74 Å². The van der Waals surface area contributed by atoms with Gasteiger partial charge in [-0.2, -0.15) is 0 Å². The van der Waals surface area contributed by atoms with E-state index in [2.05, 4.69) is 13.8 Å². The number of carbonyl (C=O) groups excluding carboxylic acids is 1. The van der Waals surface area contributed by atoms with Crippen molar-refractivity contribution in [3.8, 4) is 11.5 Å². The largest absolute Gasteiger partial charge is 0.507 e. The fourth-order valence-corrected chi connectivity index (χ4v) is 13.7. The maximum absolute atomic E-state index is 15.2. The number of esters is 1. The van der Waals surface area contributed by atoms with Gasteiger partial charge >= 0.3 is 11.9 Å². The number of carboxylic acids is 1. The summed E-state index contributed by atoms with van der Waals surface area (Å²) < 4.78 is 6.41. The number of carboxylic acid groups (broad SMARTS) is 1. The summed E-state index contributed by atoms with van der Waals surface area (Å²) in [6.45, 7) is 29.3. The first-order chi connectivity index (χ1) is 37.3. The van der Waals surface area contributed by atoms with E-state index in [1.807, 2.05) is 131 Å². The number of aliphatic carboxylic acids is 1. The van der Waals surface area contributed by atoms with Crippen molar-refractivity contribution in [3.05, 3.63) is 57.6 Å². The average Bonchev–Trinajstić information content (AvgIpc) is 3.52. The normalized spacial score (nSPS) is 12.7. The summed E-state index contributed by atoms with van der Waals surface area (Å²) in [4.78, 5) is 29.5. The van der Waals surface area contributed by atoms with E-state index >= 15 is 4.79 Å². The van der Waals surface area contributed by atoms with Gasteiger partial charge in [0.2, 0.25) is 0 Å². The van der Waals surface area contributed by atoms with Crippen LogP contribution < -0.4 is 0 Å². The van der Waals surface area contributed by atoms with Gasteiger partial charge in [0.05, 0.1) is 4.58 Å². The van der Waals surface area contributed by atoms with E-state index in [9.17, 15) is 20.1 Å². The van der Waals surface area contributed by atoms with Gasteiger partial charge in [-0.3, -0.25) is 9.59 Å². The molecule has 3 N–H and O–H groups in total. The first-order valence-electron chi connectivity index (χ1n) is 32.7. The van der Waals surface area contributed by atoms with Crippen molar-refractivity contribution in [2.45, 2.75) is 341 Å². The predicted octanol–water partition coefficient (Wildman–Crippen LogP) is 22.0. The van der Waals surface area contributed by atoms with Gasteiger partial charge in [0.1, 0.15) is 18.1 Å². The number of ether oxygens (including phenoxy) is 1. The highest BCUT2D eigenvalue weighted by molar-refractivity contribution is 8.17. The van der Waals surface area contributed by atoms with Crippen LogP contribution >= 0.6 is 23.5 Å². The molecule has 0 saturated heterocycles. The highest BCUT2D eigenvalue weighted by Crippen LogP contribution is 2.45. The molecular formula is C71H124O6S2. The van der Waals surface area contributed by atoms with E-state index in [0.717, 1.165) is 24.3 Å². The highest BCUT2D eigenvalue weighted by Gasteiger charge is 2.49. The molecule has 0 amide bonds. The number of thioether (sulfide) groups is 2. The first-order valence-corrected chi connectivity index (χ1v) is 34.8. The Hall–Kier alpha value is -2.32. The topological polar surface area (TPSA) is 104 Å². The van der Waals surface area contributed by atoms with Gasteiger partial charge in [-0.05, 0) is 92.2 Å². The molecule has 2 rings (SSSR count). The van der Waals surface area contributed by atoms with Gasteiger partial charge in [-0.25, -0.2) is 0 Å². The zero-order chi connectivity index (χ0) is 59.0. The van der Waals surface area contributed by atoms with Crippen molar-refractivity contribution in [3.63, 3.8) is 0 Å². The van der Waals surface area contributed by atoms with Crippen LogP contribution in [0.25, 0.3) is 0 Å². The van der Waals surface area contributed by atoms with Gasteiger partial charge in [0.25, 0.3) is 0 Å². The van der Waals surface area contributed by atoms with Crippen LogP contribution in [0.4, 0.5) is 0 Å². The monoisotopic (exact) mass is 1140 g/mol. The number of hydrogen-bond acceptors (Lipinski definition) is 7. The van der Waals surface area contributed by atoms with Crippen LogP contribution in [0.2, 0.25) is 0 Å². The van der Waals surface area contributed by atoms with Crippen LogP contribution in [0.15, 0.2) is 24.3 Å². The zero-order valence-corrected chi connectivity index (χ0v) is 55.6. The van der Waals surface area contributed by atoms with Crippen LogP contribution in [0.1, 0.15) is 336 Å². The number of benzene rings is 2. The lowest BCUT2D eigenvalue weighted by Crippen LogP contribution is -2.45. The highest BCUT2D eigenvalue weighted by atomic mass is 32.2. The second-order valence-corrected chi connectivity index (χ2v) is 31.1. The summed E-state index contributed by atoms with van der Waals surface area (Å²) in [5, 5.41) is 35.1. The second-order valence-electron chi connectivity index (χ2n) is 28.2. The van der Waals surface area contributed by atoms with Gasteiger partial charge in [0, 0.05) is 0 Å². The Kier molecular flexibility index (Phi) is 35.5. The maximum Gasteiger partial charge on any atom is 0.324 e. The number of hydrogen-bond donors (Lipinski definition) is 3. The van der Waals surface area contributed by atoms with Crippen molar-refractivity contribution < 1.29 is 29.6 Å². The molecule has 0 aliphatic heterocycles. The lowest BCUT2D eigenvalue weighted by molar-refractivity contribution is -0.168. The fourth-order valence-electron chi connectivity index (χ4n) is 11.2. The third-order valence-corrected chi connectivity index (χ3v) is 19.2. The zero-order valence-electron chi connectivity index (χ0n) is 53.9. The van der Waals surface area contributed by atoms with Gasteiger partial charge in [-0.1, -0.05) is 314 Å². The number of carbonyl (C=O) groups is 2. The van der Waals surface area contributed by atoms with Crippen molar-refractivity contribution in [2.24, 2.45) is 5.41 Å². The number of unbranched alkanes of at least 4 members (excludes halogenated alkanes) is 30. The third-order valence-electron chi connectivity index (χ3n) is 16.3. The standard InChI is InChI=1S/C71H124O6S2/c1-15-17-19-21-23-25-27-29-31-33-35-37-39-41-43-45-47-78-62(79-48-46-44-42-40-38-36-34-32-30-28-26-24-22-20-18-16-2)55-77-66(76)71(65(74)75,53-56-49-58(67(3,4)5)63(72)59(50-56)68(6,7)8)54-57-51-60(69(9,10)11)64(73)61(52-57)70(12,13)14/h49-52,62,72-73H,15-48,53-55H2,1-14H3,(H,74,75). The summed E-state index contributed by atoms with van der Waals surface area (Å²) in [7, 11) is 0. The van der Waals surface area contributed by atoms with Crippen LogP contribution in [0.5, 0.6) is 11.5 Å². The fraction of sp³-hybridized carbons (Fsp3) is 0.803. The number of aromatic hydroxyl groups is 2. The van der Waals surface area contributed by atoms with Crippen LogP contribution in [0.3, 0.4) is 0 Å². The van der Waals surface area contributed by atoms with E-state index in [0.29, 0.717) is 33.4 Å². The Morgan fingerprint density at radius 1 is 0.405 bits per heavy atom. The minimum atomic E-state index is -2.00. The Morgan fingerprint density at radius 3 is 0.848 bits per heavy atom. The maximum atomic E-state index is 15.2. The Balaban J connectivity index is 2.29. The molecule has 2 aromatic rings. The minimum Gasteiger partial charge on any atom is -0.507 e. The second kappa shape index (κ2) is 38.5. The summed E-state index contributed by atoms with van der Waals surface area (Å²) in [5.74, 6) is 0.409. The van der Waals surface area contributed by atoms with Gasteiger partial charge < -0.3 is 20.1 Å². The molecule has 6 nitrogen and oxygen atoms in total. The molecule has 0 atom stereocenters. The molecule has 0 aromatic heterocycles. The molecule has 0 spiro atoms. The molecule has 8 heteroatoms. The van der Waals surface area contributed by atoms with Crippen molar-refractivity contribution in [1.29, 1.82) is 0 Å². The van der Waals surface area contributed by atoms with Crippen molar-refractivity contribution in [2.75, 3.05) is 18.1 Å². The Morgan fingerprint density at radius 2 is 0.633 bits per heavy atom. The summed E-state index contributed by atoms with van der Waals surface area (Å²) in [6, 6.07) is 7.60. The van der Waals surface area contributed by atoms with E-state index < -0.39 is 39.0 Å². The lowest BCUT2D eigenvalue weighted by atomic mass is 9.71. The van der Waals surface area contributed by atoms with Crippen LogP contribution in [-0.2, 0) is 48.8 Å². The molecule has 456 valence electrons. The van der Waals surface area contributed by atoms with E-state index in [-0.39, 0.29) is 35.5 Å². The molecule has 0 unspecified atom stereocenters. The van der Waals surface area contributed by atoms with Crippen LogP contribution in [0, 0.1) is 5.41 Å². The molecule has 0 radical (unpaired) electrons. The number of rotatable bonds is 44. The summed E-state index contributed by atoms with van der Waals surface area (Å²) >= 11 is 3.74. The molecule has 0 heterocycles.